The molecule has 2 aliphatic rings. The quantitative estimate of drug-likeness (QED) is 0.779. The predicted octanol–water partition coefficient (Wildman–Crippen LogP) is 0.485. The van der Waals surface area contributed by atoms with Crippen molar-refractivity contribution in [1.82, 2.24) is 10.2 Å². The maximum Gasteiger partial charge on any atom is 0.240 e. The Morgan fingerprint density at radius 2 is 2.05 bits per heavy atom. The fourth-order valence-electron chi connectivity index (χ4n) is 3.02. The first-order valence-electron chi connectivity index (χ1n) is 7.34. The second kappa shape index (κ2) is 5.77. The van der Waals surface area contributed by atoms with E-state index in [9.17, 15) is 4.79 Å². The fourth-order valence-corrected chi connectivity index (χ4v) is 3.02. The molecule has 1 amide bonds. The topological polar surface area (TPSA) is 67.6 Å². The molecule has 5 heteroatoms. The molecule has 110 valence electrons. The number of carbonyl (C=O) groups excluding carboxylic acids is 1. The number of rotatable bonds is 4. The molecule has 1 saturated carbocycles. The molecule has 0 radical (unpaired) electrons. The zero-order valence-corrected chi connectivity index (χ0v) is 12.2. The molecule has 0 atom stereocenters. The molecule has 2 rings (SSSR count). The Bertz CT molecular complexity index is 325. The summed E-state index contributed by atoms with van der Waals surface area (Å²) in [5.41, 5.74) is 5.57. The van der Waals surface area contributed by atoms with E-state index in [0.717, 1.165) is 52.0 Å². The van der Waals surface area contributed by atoms with Crippen molar-refractivity contribution in [2.45, 2.75) is 50.6 Å². The molecular weight excluding hydrogens is 242 g/mol. The Morgan fingerprint density at radius 3 is 2.68 bits per heavy atom. The summed E-state index contributed by atoms with van der Waals surface area (Å²) in [4.78, 5) is 14.5. The second-order valence-corrected chi connectivity index (χ2v) is 6.47. The number of nitrogens with one attached hydrogen (secondary N) is 1. The smallest absolute Gasteiger partial charge is 0.240 e. The SMILES string of the molecule is CC1(C)COCCN1CCNC(=O)C1(N)CCCC1. The van der Waals surface area contributed by atoms with Crippen LogP contribution in [0.25, 0.3) is 0 Å². The molecule has 0 aromatic rings. The van der Waals surface area contributed by atoms with Crippen molar-refractivity contribution < 1.29 is 9.53 Å². The van der Waals surface area contributed by atoms with Gasteiger partial charge in [-0.15, -0.1) is 0 Å². The van der Waals surface area contributed by atoms with Gasteiger partial charge in [-0.3, -0.25) is 9.69 Å². The van der Waals surface area contributed by atoms with E-state index < -0.39 is 5.54 Å². The molecule has 1 saturated heterocycles. The molecule has 19 heavy (non-hydrogen) atoms. The lowest BCUT2D eigenvalue weighted by molar-refractivity contribution is -0.126. The Hall–Kier alpha value is -0.650. The van der Waals surface area contributed by atoms with Crippen LogP contribution in [0.2, 0.25) is 0 Å². The lowest BCUT2D eigenvalue weighted by Gasteiger charge is -2.42. The molecule has 1 heterocycles. The second-order valence-electron chi connectivity index (χ2n) is 6.47. The maximum absolute atomic E-state index is 12.1. The van der Waals surface area contributed by atoms with Crippen LogP contribution in [0.3, 0.4) is 0 Å². The van der Waals surface area contributed by atoms with Gasteiger partial charge >= 0.3 is 0 Å². The molecule has 0 unspecified atom stereocenters. The standard InChI is InChI=1S/C14H27N3O2/c1-13(2)11-19-10-9-17(13)8-7-16-12(18)14(15)5-3-4-6-14/h3-11,15H2,1-2H3,(H,16,18). The fraction of sp³-hybridized carbons (Fsp3) is 0.929. The highest BCUT2D eigenvalue weighted by molar-refractivity contribution is 5.86. The third kappa shape index (κ3) is 3.46. The minimum atomic E-state index is -0.611. The zero-order chi connectivity index (χ0) is 13.9. The molecule has 3 N–H and O–H groups in total. The van der Waals surface area contributed by atoms with Crippen LogP contribution < -0.4 is 11.1 Å². The Labute approximate surface area is 115 Å². The number of nitrogens with zero attached hydrogens (tertiary/aromatic N) is 1. The monoisotopic (exact) mass is 269 g/mol. The van der Waals surface area contributed by atoms with E-state index in [1.54, 1.807) is 0 Å². The highest BCUT2D eigenvalue weighted by Crippen LogP contribution is 2.27. The summed E-state index contributed by atoms with van der Waals surface area (Å²) in [5, 5.41) is 3.00. The van der Waals surface area contributed by atoms with Gasteiger partial charge in [-0.05, 0) is 26.7 Å². The van der Waals surface area contributed by atoms with Crippen LogP contribution in [0.5, 0.6) is 0 Å². The summed E-state index contributed by atoms with van der Waals surface area (Å²) >= 11 is 0. The minimum Gasteiger partial charge on any atom is -0.378 e. The third-order valence-electron chi connectivity index (χ3n) is 4.43. The van der Waals surface area contributed by atoms with E-state index in [2.05, 4.69) is 24.1 Å². The molecule has 1 aliphatic carbocycles. The van der Waals surface area contributed by atoms with Crippen molar-refractivity contribution in [3.8, 4) is 0 Å². The number of carbonyl (C=O) groups is 1. The van der Waals surface area contributed by atoms with E-state index in [4.69, 9.17) is 10.5 Å². The molecule has 0 bridgehead atoms. The molecule has 0 aromatic heterocycles. The molecule has 5 nitrogen and oxygen atoms in total. The van der Waals surface area contributed by atoms with Crippen molar-refractivity contribution in [1.29, 1.82) is 0 Å². The summed E-state index contributed by atoms with van der Waals surface area (Å²) in [5.74, 6) is 0.0241. The summed E-state index contributed by atoms with van der Waals surface area (Å²) in [7, 11) is 0. The number of hydrogen-bond acceptors (Lipinski definition) is 4. The van der Waals surface area contributed by atoms with Crippen molar-refractivity contribution in [3.63, 3.8) is 0 Å². The Morgan fingerprint density at radius 1 is 1.37 bits per heavy atom. The Balaban J connectivity index is 1.75. The average molecular weight is 269 g/mol. The van der Waals surface area contributed by atoms with Crippen LogP contribution in [0.1, 0.15) is 39.5 Å². The minimum absolute atomic E-state index is 0.0241. The average Bonchev–Trinajstić information content (AvgIpc) is 2.79. The van der Waals surface area contributed by atoms with E-state index in [1.165, 1.54) is 0 Å². The van der Waals surface area contributed by atoms with Gasteiger partial charge in [0.2, 0.25) is 5.91 Å². The highest BCUT2D eigenvalue weighted by atomic mass is 16.5. The van der Waals surface area contributed by atoms with Crippen LogP contribution >= 0.6 is 0 Å². The lowest BCUT2D eigenvalue weighted by Crippen LogP contribution is -2.57. The zero-order valence-electron chi connectivity index (χ0n) is 12.2. The van der Waals surface area contributed by atoms with E-state index >= 15 is 0 Å². The number of nitrogens with two attached hydrogens (primary N) is 1. The summed E-state index contributed by atoms with van der Waals surface area (Å²) in [6.07, 6.45) is 3.78. The number of morpholine rings is 1. The first kappa shape index (κ1) is 14.8. The van der Waals surface area contributed by atoms with Crippen molar-refractivity contribution >= 4 is 5.91 Å². The van der Waals surface area contributed by atoms with Crippen LogP contribution in [-0.4, -0.2) is 54.7 Å². The highest BCUT2D eigenvalue weighted by Gasteiger charge is 2.37. The van der Waals surface area contributed by atoms with Crippen molar-refractivity contribution in [3.05, 3.63) is 0 Å². The first-order chi connectivity index (χ1) is 8.94. The van der Waals surface area contributed by atoms with Gasteiger partial charge in [0.05, 0.1) is 18.8 Å². The molecule has 0 aromatic carbocycles. The van der Waals surface area contributed by atoms with Gasteiger partial charge in [0.1, 0.15) is 0 Å². The largest absolute Gasteiger partial charge is 0.378 e. The van der Waals surface area contributed by atoms with Crippen molar-refractivity contribution in [2.75, 3.05) is 32.8 Å². The van der Waals surface area contributed by atoms with Crippen LogP contribution in [0.15, 0.2) is 0 Å². The first-order valence-corrected chi connectivity index (χ1v) is 7.34. The molecule has 1 aliphatic heterocycles. The summed E-state index contributed by atoms with van der Waals surface area (Å²) in [6.45, 7) is 8.33. The summed E-state index contributed by atoms with van der Waals surface area (Å²) < 4.78 is 5.49. The predicted molar refractivity (Wildman–Crippen MR) is 74.9 cm³/mol. The van der Waals surface area contributed by atoms with Gasteiger partial charge in [-0.2, -0.15) is 0 Å². The third-order valence-corrected chi connectivity index (χ3v) is 4.43. The number of ether oxygens (including phenoxy) is 1. The van der Waals surface area contributed by atoms with Crippen LogP contribution in [0, 0.1) is 0 Å². The van der Waals surface area contributed by atoms with Gasteiger partial charge in [-0.1, -0.05) is 12.8 Å². The lowest BCUT2D eigenvalue weighted by atomic mass is 9.98. The molecule has 2 fully saturated rings. The normalized spacial score (nSPS) is 26.3. The van der Waals surface area contributed by atoms with Crippen molar-refractivity contribution in [2.24, 2.45) is 5.73 Å². The van der Waals surface area contributed by atoms with Gasteiger partial charge < -0.3 is 15.8 Å². The summed E-state index contributed by atoms with van der Waals surface area (Å²) in [6, 6.07) is 0. The van der Waals surface area contributed by atoms with Gasteiger partial charge in [0.25, 0.3) is 0 Å². The van der Waals surface area contributed by atoms with Gasteiger partial charge in [0, 0.05) is 25.2 Å². The van der Waals surface area contributed by atoms with E-state index in [1.807, 2.05) is 0 Å². The van der Waals surface area contributed by atoms with E-state index in [0.29, 0.717) is 6.54 Å². The van der Waals surface area contributed by atoms with Crippen LogP contribution in [-0.2, 0) is 9.53 Å². The van der Waals surface area contributed by atoms with E-state index in [-0.39, 0.29) is 11.4 Å². The molecular formula is C14H27N3O2. The molecule has 0 spiro atoms. The number of amides is 1. The Kier molecular flexibility index (Phi) is 4.48. The number of hydrogen-bond donors (Lipinski definition) is 2. The van der Waals surface area contributed by atoms with Crippen LogP contribution in [0.4, 0.5) is 0 Å². The van der Waals surface area contributed by atoms with Gasteiger partial charge in [-0.25, -0.2) is 0 Å². The van der Waals surface area contributed by atoms with Gasteiger partial charge in [0.15, 0.2) is 0 Å². The maximum atomic E-state index is 12.1.